The zero-order valence-corrected chi connectivity index (χ0v) is 12.2. The maximum Gasteiger partial charge on any atom is 0.244 e. The quantitative estimate of drug-likeness (QED) is 0.743. The number of imidazole rings is 1. The summed E-state index contributed by atoms with van der Waals surface area (Å²) in [6.45, 7) is 1.46. The number of nitrogen functional groups attached to an aromatic ring is 1. The fraction of sp³-hybridized carbons (Fsp3) is 0.467. The zero-order chi connectivity index (χ0) is 15.3. The molecule has 2 atom stereocenters. The SMILES string of the molecule is Nc1nc2cc(N3CC4CC(N4)C3=O)ccc2n1CCCO. The van der Waals surface area contributed by atoms with E-state index in [1.807, 2.05) is 27.7 Å². The number of hydrogen-bond donors (Lipinski definition) is 3. The molecule has 7 nitrogen and oxygen atoms in total. The molecule has 2 bridgehead atoms. The molecule has 1 amide bonds. The minimum atomic E-state index is -0.0263. The summed E-state index contributed by atoms with van der Waals surface area (Å²) < 4.78 is 1.90. The van der Waals surface area contributed by atoms with Gasteiger partial charge in [-0.2, -0.15) is 0 Å². The van der Waals surface area contributed by atoms with E-state index in [-0.39, 0.29) is 18.6 Å². The first kappa shape index (κ1) is 13.5. The van der Waals surface area contributed by atoms with Crippen molar-refractivity contribution in [3.05, 3.63) is 18.2 Å². The number of fused-ring (bicyclic) bond motifs is 3. The van der Waals surface area contributed by atoms with E-state index in [1.54, 1.807) is 0 Å². The summed E-state index contributed by atoms with van der Waals surface area (Å²) >= 11 is 0. The molecule has 3 aliphatic rings. The highest BCUT2D eigenvalue weighted by molar-refractivity contribution is 6.01. The van der Waals surface area contributed by atoms with Crippen molar-refractivity contribution < 1.29 is 9.90 Å². The Morgan fingerprint density at radius 2 is 2.27 bits per heavy atom. The van der Waals surface area contributed by atoms with Crippen molar-refractivity contribution in [3.63, 3.8) is 0 Å². The van der Waals surface area contributed by atoms with Gasteiger partial charge < -0.3 is 25.6 Å². The van der Waals surface area contributed by atoms with Crippen LogP contribution in [0.15, 0.2) is 18.2 Å². The fourth-order valence-corrected chi connectivity index (χ4v) is 3.34. The maximum atomic E-state index is 12.3. The molecule has 22 heavy (non-hydrogen) atoms. The number of anilines is 2. The minimum Gasteiger partial charge on any atom is -0.396 e. The van der Waals surface area contributed by atoms with Gasteiger partial charge in [0.1, 0.15) is 0 Å². The third-order valence-corrected chi connectivity index (χ3v) is 4.54. The standard InChI is InChI=1S/C15H19N5O2/c16-15-18-11-7-10(2-3-13(11)19(15)4-1-5-21)20-8-9-6-12(17-9)14(20)22/h2-3,7,9,12,17,21H,1,4-6,8H2,(H2,16,18). The molecule has 3 fully saturated rings. The van der Waals surface area contributed by atoms with Gasteiger partial charge in [-0.05, 0) is 31.0 Å². The summed E-state index contributed by atoms with van der Waals surface area (Å²) in [4.78, 5) is 18.5. The van der Waals surface area contributed by atoms with E-state index in [4.69, 9.17) is 10.8 Å². The lowest BCUT2D eigenvalue weighted by molar-refractivity contribution is -0.125. The van der Waals surface area contributed by atoms with Crippen molar-refractivity contribution >= 4 is 28.6 Å². The number of aryl methyl sites for hydroxylation is 1. The van der Waals surface area contributed by atoms with Crippen molar-refractivity contribution in [2.45, 2.75) is 31.5 Å². The van der Waals surface area contributed by atoms with Gasteiger partial charge in [0.2, 0.25) is 11.9 Å². The molecule has 1 aromatic heterocycles. The van der Waals surface area contributed by atoms with Crippen LogP contribution in [0.1, 0.15) is 12.8 Å². The second-order valence-electron chi connectivity index (χ2n) is 5.97. The lowest BCUT2D eigenvalue weighted by Crippen LogP contribution is -2.70. The van der Waals surface area contributed by atoms with E-state index in [9.17, 15) is 4.79 Å². The molecule has 7 heteroatoms. The van der Waals surface area contributed by atoms with E-state index in [0.29, 0.717) is 31.5 Å². The average molecular weight is 301 g/mol. The smallest absolute Gasteiger partial charge is 0.244 e. The van der Waals surface area contributed by atoms with Gasteiger partial charge in [0.05, 0.1) is 17.1 Å². The number of benzene rings is 1. The van der Waals surface area contributed by atoms with E-state index < -0.39 is 0 Å². The van der Waals surface area contributed by atoms with Crippen molar-refractivity contribution in [1.29, 1.82) is 0 Å². The number of aromatic nitrogens is 2. The maximum absolute atomic E-state index is 12.3. The first-order valence-corrected chi connectivity index (χ1v) is 7.61. The van der Waals surface area contributed by atoms with Gasteiger partial charge in [-0.1, -0.05) is 0 Å². The Labute approximate surface area is 127 Å². The van der Waals surface area contributed by atoms with Gasteiger partial charge in [-0.15, -0.1) is 0 Å². The Morgan fingerprint density at radius 3 is 3.00 bits per heavy atom. The van der Waals surface area contributed by atoms with Gasteiger partial charge in [-0.25, -0.2) is 4.98 Å². The number of carbonyl (C=O) groups is 1. The van der Waals surface area contributed by atoms with Gasteiger partial charge in [0.25, 0.3) is 0 Å². The van der Waals surface area contributed by atoms with Crippen LogP contribution in [0.2, 0.25) is 0 Å². The van der Waals surface area contributed by atoms with E-state index >= 15 is 0 Å². The third kappa shape index (κ3) is 1.97. The normalized spacial score (nSPS) is 23.9. The third-order valence-electron chi connectivity index (χ3n) is 4.54. The molecule has 3 saturated heterocycles. The Bertz CT molecular complexity index is 735. The molecule has 116 valence electrons. The predicted molar refractivity (Wildman–Crippen MR) is 83.5 cm³/mol. The minimum absolute atomic E-state index is 0.0263. The fourth-order valence-electron chi connectivity index (χ4n) is 3.34. The van der Waals surface area contributed by atoms with Crippen LogP contribution in [0.3, 0.4) is 0 Å². The number of hydrogen-bond acceptors (Lipinski definition) is 5. The van der Waals surface area contributed by atoms with Gasteiger partial charge in [0.15, 0.2) is 0 Å². The Balaban J connectivity index is 1.68. The van der Waals surface area contributed by atoms with Crippen molar-refractivity contribution in [1.82, 2.24) is 14.9 Å². The number of piperidine rings is 1. The molecular formula is C15H19N5O2. The number of nitrogens with two attached hydrogens (primary N) is 1. The first-order chi connectivity index (χ1) is 10.7. The van der Waals surface area contributed by atoms with Gasteiger partial charge >= 0.3 is 0 Å². The molecule has 3 aliphatic heterocycles. The summed E-state index contributed by atoms with van der Waals surface area (Å²) in [6, 6.07) is 6.20. The van der Waals surface area contributed by atoms with E-state index in [2.05, 4.69) is 10.3 Å². The van der Waals surface area contributed by atoms with Crippen LogP contribution < -0.4 is 16.0 Å². The Kier molecular flexibility index (Phi) is 3.05. The predicted octanol–water partition coefficient (Wildman–Crippen LogP) is 0.0780. The molecule has 5 rings (SSSR count). The van der Waals surface area contributed by atoms with Crippen LogP contribution >= 0.6 is 0 Å². The first-order valence-electron chi connectivity index (χ1n) is 7.61. The highest BCUT2D eigenvalue weighted by Gasteiger charge is 2.43. The van der Waals surface area contributed by atoms with Crippen LogP contribution in [0.25, 0.3) is 11.0 Å². The highest BCUT2D eigenvalue weighted by Crippen LogP contribution is 2.30. The Hall–Kier alpha value is -2.12. The van der Waals surface area contributed by atoms with Crippen molar-refractivity contribution in [2.24, 2.45) is 0 Å². The number of rotatable bonds is 4. The van der Waals surface area contributed by atoms with Gasteiger partial charge in [-0.3, -0.25) is 4.79 Å². The number of amides is 1. The lowest BCUT2D eigenvalue weighted by atomic mass is 9.90. The number of nitrogens with one attached hydrogen (secondary N) is 1. The molecule has 0 saturated carbocycles. The van der Waals surface area contributed by atoms with Crippen molar-refractivity contribution in [3.8, 4) is 0 Å². The second-order valence-corrected chi connectivity index (χ2v) is 5.97. The zero-order valence-electron chi connectivity index (χ0n) is 12.2. The van der Waals surface area contributed by atoms with Crippen LogP contribution in [0.5, 0.6) is 0 Å². The molecule has 4 N–H and O–H groups in total. The van der Waals surface area contributed by atoms with E-state index in [0.717, 1.165) is 23.1 Å². The summed E-state index contributed by atoms with van der Waals surface area (Å²) in [5, 5.41) is 12.2. The number of piperazine rings is 1. The Morgan fingerprint density at radius 1 is 1.45 bits per heavy atom. The molecular weight excluding hydrogens is 282 g/mol. The molecule has 0 spiro atoms. The summed E-state index contributed by atoms with van der Waals surface area (Å²) in [5.74, 6) is 0.574. The number of nitrogens with zero attached hydrogens (tertiary/aromatic N) is 3. The average Bonchev–Trinajstić information content (AvgIpc) is 2.78. The molecule has 1 aromatic carbocycles. The van der Waals surface area contributed by atoms with E-state index in [1.165, 1.54) is 0 Å². The second kappa shape index (κ2) is 4.96. The molecule has 0 aliphatic carbocycles. The van der Waals surface area contributed by atoms with Crippen LogP contribution in [-0.4, -0.2) is 45.8 Å². The summed E-state index contributed by atoms with van der Waals surface area (Å²) in [5.41, 5.74) is 8.55. The largest absolute Gasteiger partial charge is 0.396 e. The summed E-state index contributed by atoms with van der Waals surface area (Å²) in [6.07, 6.45) is 1.58. The molecule has 2 aromatic rings. The number of carbonyl (C=O) groups excluding carboxylic acids is 1. The molecule has 4 heterocycles. The lowest BCUT2D eigenvalue weighted by Gasteiger charge is -2.47. The molecule has 0 radical (unpaired) electrons. The van der Waals surface area contributed by atoms with Crippen LogP contribution in [0, 0.1) is 0 Å². The van der Waals surface area contributed by atoms with Gasteiger partial charge in [0, 0.05) is 31.4 Å². The summed E-state index contributed by atoms with van der Waals surface area (Å²) in [7, 11) is 0. The van der Waals surface area contributed by atoms with Crippen LogP contribution in [0.4, 0.5) is 11.6 Å². The number of aliphatic hydroxyl groups excluding tert-OH is 1. The number of aliphatic hydroxyl groups is 1. The van der Waals surface area contributed by atoms with Crippen LogP contribution in [-0.2, 0) is 11.3 Å². The monoisotopic (exact) mass is 301 g/mol. The van der Waals surface area contributed by atoms with Crippen molar-refractivity contribution in [2.75, 3.05) is 23.8 Å². The highest BCUT2D eigenvalue weighted by atomic mass is 16.3. The molecule has 2 unspecified atom stereocenters. The topological polar surface area (TPSA) is 96.4 Å².